The highest BCUT2D eigenvalue weighted by atomic mass is 32.2. The number of aromatic nitrogens is 3. The van der Waals surface area contributed by atoms with Crippen LogP contribution in [0.2, 0.25) is 0 Å². The second-order valence-electron chi connectivity index (χ2n) is 9.63. The van der Waals surface area contributed by atoms with Crippen LogP contribution in [0.4, 0.5) is 27.8 Å². The number of pyridine rings is 1. The fraction of sp³-hybridized carbons (Fsp3) is 0.385. The van der Waals surface area contributed by atoms with Crippen LogP contribution in [-0.2, 0) is 17.5 Å². The number of carbonyl (C=O) groups excluding carboxylic acids is 1. The maximum Gasteiger partial charge on any atom is 0.417 e. The van der Waals surface area contributed by atoms with Gasteiger partial charge in [-0.2, -0.15) is 18.2 Å². The molecule has 2 unspecified atom stereocenters. The van der Waals surface area contributed by atoms with Crippen LogP contribution in [0.15, 0.2) is 40.7 Å². The SMILES string of the molecule is C=CC(=O)N1C(C)CN(c2nc(=O)n3c4c(c(-c5ncc(F)cc5F)c(C(F)(F)F)cc24)SCCC3)CC1C. The van der Waals surface area contributed by atoms with Crippen molar-refractivity contribution < 1.29 is 26.7 Å². The normalized spacial score (nSPS) is 19.8. The summed E-state index contributed by atoms with van der Waals surface area (Å²) in [6, 6.07) is 0.668. The summed E-state index contributed by atoms with van der Waals surface area (Å²) in [7, 11) is 0. The molecule has 2 aromatic heterocycles. The Morgan fingerprint density at radius 2 is 1.87 bits per heavy atom. The molecule has 1 amide bonds. The van der Waals surface area contributed by atoms with Crippen LogP contribution < -0.4 is 10.6 Å². The van der Waals surface area contributed by atoms with Crippen molar-refractivity contribution in [2.45, 2.75) is 50.0 Å². The molecule has 0 N–H and O–H groups in total. The van der Waals surface area contributed by atoms with Crippen LogP contribution in [-0.4, -0.2) is 56.3 Å². The Morgan fingerprint density at radius 3 is 2.49 bits per heavy atom. The lowest BCUT2D eigenvalue weighted by Crippen LogP contribution is -2.58. The summed E-state index contributed by atoms with van der Waals surface area (Å²) in [5.41, 5.74) is -2.79. The highest BCUT2D eigenvalue weighted by Crippen LogP contribution is 2.48. The third-order valence-corrected chi connectivity index (χ3v) is 8.15. The predicted octanol–water partition coefficient (Wildman–Crippen LogP) is 4.86. The zero-order chi connectivity index (χ0) is 28.2. The molecule has 13 heteroatoms. The smallest absolute Gasteiger partial charge is 0.352 e. The molecule has 1 aromatic carbocycles. The number of benzene rings is 1. The van der Waals surface area contributed by atoms with Crippen molar-refractivity contribution in [3.8, 4) is 11.3 Å². The van der Waals surface area contributed by atoms with Gasteiger partial charge in [-0.3, -0.25) is 14.3 Å². The predicted molar refractivity (Wildman–Crippen MR) is 138 cm³/mol. The number of hydrogen-bond acceptors (Lipinski definition) is 6. The fourth-order valence-corrected chi connectivity index (χ4v) is 6.66. The molecule has 7 nitrogen and oxygen atoms in total. The van der Waals surface area contributed by atoms with Gasteiger partial charge in [0.1, 0.15) is 17.3 Å². The van der Waals surface area contributed by atoms with Crippen molar-refractivity contribution in [2.75, 3.05) is 23.7 Å². The monoisotopic (exact) mass is 565 g/mol. The van der Waals surface area contributed by atoms with Gasteiger partial charge >= 0.3 is 11.9 Å². The van der Waals surface area contributed by atoms with Gasteiger partial charge < -0.3 is 9.80 Å². The summed E-state index contributed by atoms with van der Waals surface area (Å²) < 4.78 is 73.6. The number of carbonyl (C=O) groups is 1. The molecule has 39 heavy (non-hydrogen) atoms. The van der Waals surface area contributed by atoms with Gasteiger partial charge in [0.05, 0.1) is 17.3 Å². The summed E-state index contributed by atoms with van der Waals surface area (Å²) in [5, 5.41) is 0.0838. The number of hydrogen-bond donors (Lipinski definition) is 0. The topological polar surface area (TPSA) is 71.3 Å². The van der Waals surface area contributed by atoms with E-state index in [1.807, 2.05) is 0 Å². The van der Waals surface area contributed by atoms with Crippen molar-refractivity contribution in [1.29, 1.82) is 0 Å². The van der Waals surface area contributed by atoms with Crippen LogP contribution in [0.25, 0.3) is 22.2 Å². The van der Waals surface area contributed by atoms with E-state index in [1.54, 1.807) is 23.6 Å². The van der Waals surface area contributed by atoms with Gasteiger partial charge in [0.25, 0.3) is 0 Å². The van der Waals surface area contributed by atoms with Gasteiger partial charge in [-0.15, -0.1) is 11.8 Å². The molecule has 2 atom stereocenters. The van der Waals surface area contributed by atoms with E-state index >= 15 is 0 Å². The van der Waals surface area contributed by atoms with E-state index in [2.05, 4.69) is 16.5 Å². The number of thioether (sulfide) groups is 1. The van der Waals surface area contributed by atoms with Gasteiger partial charge in [0, 0.05) is 53.6 Å². The maximum absolute atomic E-state index is 14.9. The van der Waals surface area contributed by atoms with Gasteiger partial charge in [-0.1, -0.05) is 6.58 Å². The third kappa shape index (κ3) is 4.66. The Bertz CT molecular complexity index is 1540. The minimum absolute atomic E-state index is 0.0395. The number of piperazine rings is 1. The zero-order valence-corrected chi connectivity index (χ0v) is 21.9. The van der Waals surface area contributed by atoms with E-state index in [9.17, 15) is 31.5 Å². The molecular weight excluding hydrogens is 541 g/mol. The number of nitrogens with zero attached hydrogens (tertiary/aromatic N) is 5. The van der Waals surface area contributed by atoms with Crippen molar-refractivity contribution in [3.05, 3.63) is 58.7 Å². The molecule has 3 aromatic rings. The molecular formula is C26H24F5N5O2S. The van der Waals surface area contributed by atoms with Gasteiger partial charge in [0.15, 0.2) is 5.82 Å². The fourth-order valence-electron chi connectivity index (χ4n) is 5.47. The van der Waals surface area contributed by atoms with Crippen LogP contribution in [0.3, 0.4) is 0 Å². The van der Waals surface area contributed by atoms with Crippen molar-refractivity contribution in [2.24, 2.45) is 0 Å². The van der Waals surface area contributed by atoms with Gasteiger partial charge in [-0.05, 0) is 38.2 Å². The van der Waals surface area contributed by atoms with Crippen LogP contribution in [0.1, 0.15) is 25.8 Å². The Balaban J connectivity index is 1.82. The molecule has 1 saturated heterocycles. The number of amides is 1. The van der Waals surface area contributed by atoms with E-state index in [-0.39, 0.29) is 59.2 Å². The molecule has 0 radical (unpaired) electrons. The molecule has 0 saturated carbocycles. The molecule has 2 aliphatic rings. The zero-order valence-electron chi connectivity index (χ0n) is 21.1. The number of rotatable bonds is 3. The van der Waals surface area contributed by atoms with E-state index < -0.39 is 40.3 Å². The number of anilines is 1. The molecule has 5 rings (SSSR count). The highest BCUT2D eigenvalue weighted by Gasteiger charge is 2.40. The first kappa shape index (κ1) is 27.1. The summed E-state index contributed by atoms with van der Waals surface area (Å²) in [4.78, 5) is 36.9. The minimum atomic E-state index is -4.93. The first-order valence-corrected chi connectivity index (χ1v) is 13.2. The molecule has 206 valence electrons. The number of alkyl halides is 3. The number of halogens is 5. The van der Waals surface area contributed by atoms with Crippen LogP contribution >= 0.6 is 11.8 Å². The van der Waals surface area contributed by atoms with Crippen LogP contribution in [0, 0.1) is 11.6 Å². The van der Waals surface area contributed by atoms with Crippen molar-refractivity contribution in [3.63, 3.8) is 0 Å². The minimum Gasteiger partial charge on any atom is -0.352 e. The van der Waals surface area contributed by atoms with E-state index in [0.717, 1.165) is 17.8 Å². The maximum atomic E-state index is 14.9. The lowest BCUT2D eigenvalue weighted by Gasteiger charge is -2.44. The summed E-state index contributed by atoms with van der Waals surface area (Å²) in [5.74, 6) is -2.12. The molecule has 2 aliphatic heterocycles. The molecule has 0 bridgehead atoms. The Kier molecular flexibility index (Phi) is 6.90. The Labute approximate surface area is 224 Å². The average molecular weight is 566 g/mol. The third-order valence-electron chi connectivity index (χ3n) is 6.97. The second kappa shape index (κ2) is 9.92. The van der Waals surface area contributed by atoms with Crippen LogP contribution in [0.5, 0.6) is 0 Å². The Morgan fingerprint density at radius 1 is 1.18 bits per heavy atom. The quantitative estimate of drug-likeness (QED) is 0.334. The summed E-state index contributed by atoms with van der Waals surface area (Å²) in [6.07, 6.45) is -2.60. The van der Waals surface area contributed by atoms with Gasteiger partial charge in [0.2, 0.25) is 5.91 Å². The standard InChI is InChI=1S/C26H24F5N5O2S/c1-4-19(37)36-13(2)11-34(12-14(36)3)24-16-9-17(26(29,30)31)20(21-18(28)8-15(27)10-32-21)23-22(16)35(25(38)33-24)6-5-7-39-23/h4,8-10,13-14H,1,5-7,11-12H2,2-3H3. The van der Waals surface area contributed by atoms with Gasteiger partial charge in [-0.25, -0.2) is 13.6 Å². The van der Waals surface area contributed by atoms with Crippen molar-refractivity contribution >= 4 is 34.4 Å². The molecule has 0 aliphatic carbocycles. The summed E-state index contributed by atoms with van der Waals surface area (Å²) in [6.45, 7) is 7.77. The molecule has 0 spiro atoms. The largest absolute Gasteiger partial charge is 0.417 e. The van der Waals surface area contributed by atoms with E-state index in [0.29, 0.717) is 24.4 Å². The van der Waals surface area contributed by atoms with E-state index in [1.165, 1.54) is 10.6 Å². The highest BCUT2D eigenvalue weighted by molar-refractivity contribution is 7.99. The summed E-state index contributed by atoms with van der Waals surface area (Å²) >= 11 is 1.07. The first-order valence-electron chi connectivity index (χ1n) is 12.2. The first-order chi connectivity index (χ1) is 18.4. The Hall–Kier alpha value is -3.48. The average Bonchev–Trinajstić information content (AvgIpc) is 3.09. The lowest BCUT2D eigenvalue weighted by molar-refractivity contribution is -0.137. The molecule has 4 heterocycles. The second-order valence-corrected chi connectivity index (χ2v) is 10.7. The lowest BCUT2D eigenvalue weighted by atomic mass is 9.98. The van der Waals surface area contributed by atoms with Crippen molar-refractivity contribution in [1.82, 2.24) is 19.4 Å². The number of aryl methyl sites for hydroxylation is 1. The molecule has 1 fully saturated rings. The van der Waals surface area contributed by atoms with E-state index in [4.69, 9.17) is 0 Å².